The summed E-state index contributed by atoms with van der Waals surface area (Å²) in [5.41, 5.74) is 4.20. The SMILES string of the molecule is Cc1nn(CC(C)C)c(C)c1CC(=O)NCC(c1ccc(Cl)cc1)N1CCOCC1. The van der Waals surface area contributed by atoms with Crippen LogP contribution in [0.5, 0.6) is 0 Å². The first-order valence-electron chi connectivity index (χ1n) is 10.7. The first-order valence-corrected chi connectivity index (χ1v) is 11.1. The number of nitrogens with one attached hydrogen (secondary N) is 1. The number of aromatic nitrogens is 2. The highest BCUT2D eigenvalue weighted by atomic mass is 35.5. The molecule has 1 saturated heterocycles. The number of rotatable bonds is 8. The van der Waals surface area contributed by atoms with Crippen molar-refractivity contribution in [2.24, 2.45) is 5.92 Å². The minimum absolute atomic E-state index is 0.0255. The molecule has 6 nitrogen and oxygen atoms in total. The molecule has 1 N–H and O–H groups in total. The van der Waals surface area contributed by atoms with Gasteiger partial charge in [0.1, 0.15) is 0 Å². The smallest absolute Gasteiger partial charge is 0.224 e. The molecular weight excluding hydrogens is 400 g/mol. The summed E-state index contributed by atoms with van der Waals surface area (Å²) in [5, 5.41) is 8.50. The fourth-order valence-electron chi connectivity index (χ4n) is 3.98. The van der Waals surface area contributed by atoms with Crippen molar-refractivity contribution in [2.75, 3.05) is 32.8 Å². The zero-order chi connectivity index (χ0) is 21.7. The molecule has 3 rings (SSSR count). The Morgan fingerprint density at radius 2 is 1.87 bits per heavy atom. The summed E-state index contributed by atoms with van der Waals surface area (Å²) < 4.78 is 7.53. The molecule has 0 radical (unpaired) electrons. The molecule has 1 fully saturated rings. The summed E-state index contributed by atoms with van der Waals surface area (Å²) in [4.78, 5) is 15.2. The van der Waals surface area contributed by atoms with Gasteiger partial charge in [-0.3, -0.25) is 14.4 Å². The van der Waals surface area contributed by atoms with Gasteiger partial charge in [0, 0.05) is 42.5 Å². The quantitative estimate of drug-likeness (QED) is 0.693. The molecule has 30 heavy (non-hydrogen) atoms. The Kier molecular flexibility index (Phi) is 7.92. The molecule has 1 unspecified atom stereocenters. The lowest BCUT2D eigenvalue weighted by Crippen LogP contribution is -2.44. The second-order valence-corrected chi connectivity index (χ2v) is 8.86. The predicted molar refractivity (Wildman–Crippen MR) is 120 cm³/mol. The number of carbonyl (C=O) groups excluding carboxylic acids is 1. The summed E-state index contributed by atoms with van der Waals surface area (Å²) in [6.45, 7) is 12.9. The average Bonchev–Trinajstić information content (AvgIpc) is 2.97. The van der Waals surface area contributed by atoms with E-state index in [2.05, 4.69) is 36.1 Å². The van der Waals surface area contributed by atoms with E-state index in [1.54, 1.807) is 0 Å². The number of hydrogen-bond donors (Lipinski definition) is 1. The number of nitrogens with zero attached hydrogens (tertiary/aromatic N) is 3. The Balaban J connectivity index is 1.67. The molecule has 1 atom stereocenters. The van der Waals surface area contributed by atoms with Crippen LogP contribution in [0.2, 0.25) is 5.02 Å². The van der Waals surface area contributed by atoms with Gasteiger partial charge in [-0.05, 0) is 37.5 Å². The highest BCUT2D eigenvalue weighted by Crippen LogP contribution is 2.23. The minimum atomic E-state index is 0.0255. The van der Waals surface area contributed by atoms with Crippen molar-refractivity contribution in [2.45, 2.75) is 46.7 Å². The van der Waals surface area contributed by atoms with E-state index < -0.39 is 0 Å². The molecule has 7 heteroatoms. The van der Waals surface area contributed by atoms with Crippen molar-refractivity contribution in [3.05, 3.63) is 51.8 Å². The molecule has 0 spiro atoms. The van der Waals surface area contributed by atoms with Crippen molar-refractivity contribution in [3.8, 4) is 0 Å². The van der Waals surface area contributed by atoms with E-state index in [4.69, 9.17) is 16.3 Å². The maximum Gasteiger partial charge on any atom is 0.224 e. The Bertz CT molecular complexity index is 842. The van der Waals surface area contributed by atoms with Crippen LogP contribution in [0.1, 0.15) is 42.4 Å². The molecule has 1 aromatic heterocycles. The topological polar surface area (TPSA) is 59.4 Å². The fraction of sp³-hybridized carbons (Fsp3) is 0.565. The van der Waals surface area contributed by atoms with Gasteiger partial charge in [-0.15, -0.1) is 0 Å². The van der Waals surface area contributed by atoms with Gasteiger partial charge in [-0.25, -0.2) is 0 Å². The first-order chi connectivity index (χ1) is 14.3. The number of morpholine rings is 1. The first kappa shape index (κ1) is 22.8. The summed E-state index contributed by atoms with van der Waals surface area (Å²) >= 11 is 6.07. The number of aryl methyl sites for hydroxylation is 1. The Morgan fingerprint density at radius 1 is 1.20 bits per heavy atom. The number of benzene rings is 1. The van der Waals surface area contributed by atoms with Crippen molar-refractivity contribution in [3.63, 3.8) is 0 Å². The molecule has 1 aliphatic heterocycles. The molecule has 2 heterocycles. The Morgan fingerprint density at radius 3 is 2.50 bits per heavy atom. The molecule has 1 aliphatic rings. The molecule has 0 bridgehead atoms. The van der Waals surface area contributed by atoms with Crippen LogP contribution < -0.4 is 5.32 Å². The maximum absolute atomic E-state index is 12.8. The van der Waals surface area contributed by atoms with Crippen molar-refractivity contribution < 1.29 is 9.53 Å². The van der Waals surface area contributed by atoms with Gasteiger partial charge in [0.25, 0.3) is 0 Å². The molecule has 0 aliphatic carbocycles. The molecule has 2 aromatic rings. The van der Waals surface area contributed by atoms with Gasteiger partial charge in [0.05, 0.1) is 31.4 Å². The lowest BCUT2D eigenvalue weighted by molar-refractivity contribution is -0.120. The Hall–Kier alpha value is -1.89. The molecular formula is C23H33ClN4O2. The van der Waals surface area contributed by atoms with Crippen LogP contribution in [0.4, 0.5) is 0 Å². The van der Waals surface area contributed by atoms with Gasteiger partial charge in [0.15, 0.2) is 0 Å². The van der Waals surface area contributed by atoms with E-state index in [9.17, 15) is 4.79 Å². The van der Waals surface area contributed by atoms with E-state index in [-0.39, 0.29) is 11.9 Å². The van der Waals surface area contributed by atoms with Crippen molar-refractivity contribution >= 4 is 17.5 Å². The van der Waals surface area contributed by atoms with Crippen LogP contribution in [0.3, 0.4) is 0 Å². The maximum atomic E-state index is 12.8. The van der Waals surface area contributed by atoms with Gasteiger partial charge in [-0.2, -0.15) is 5.10 Å². The van der Waals surface area contributed by atoms with Gasteiger partial charge in [-0.1, -0.05) is 37.6 Å². The lowest BCUT2D eigenvalue weighted by atomic mass is 10.0. The van der Waals surface area contributed by atoms with Crippen LogP contribution >= 0.6 is 11.6 Å². The van der Waals surface area contributed by atoms with Crippen LogP contribution in [-0.2, 0) is 22.5 Å². The molecule has 1 amide bonds. The summed E-state index contributed by atoms with van der Waals surface area (Å²) in [7, 11) is 0. The summed E-state index contributed by atoms with van der Waals surface area (Å²) in [6.07, 6.45) is 0.353. The standard InChI is InChI=1S/C23H33ClN4O2/c1-16(2)15-28-18(4)21(17(3)26-28)13-23(29)25-14-22(27-9-11-30-12-10-27)19-5-7-20(24)8-6-19/h5-8,16,22H,9-15H2,1-4H3,(H,25,29). The second-order valence-electron chi connectivity index (χ2n) is 8.42. The van der Waals surface area contributed by atoms with Gasteiger partial charge >= 0.3 is 0 Å². The monoisotopic (exact) mass is 432 g/mol. The molecule has 0 saturated carbocycles. The normalized spacial score (nSPS) is 16.1. The molecule has 164 valence electrons. The van der Waals surface area contributed by atoms with E-state index in [0.717, 1.165) is 42.1 Å². The second kappa shape index (κ2) is 10.4. The third-order valence-electron chi connectivity index (χ3n) is 5.64. The number of halogens is 1. The van der Waals surface area contributed by atoms with E-state index >= 15 is 0 Å². The zero-order valence-corrected chi connectivity index (χ0v) is 19.2. The van der Waals surface area contributed by atoms with Crippen molar-refractivity contribution in [1.29, 1.82) is 0 Å². The largest absolute Gasteiger partial charge is 0.379 e. The van der Waals surface area contributed by atoms with Crippen molar-refractivity contribution in [1.82, 2.24) is 20.0 Å². The minimum Gasteiger partial charge on any atom is -0.379 e. The van der Waals surface area contributed by atoms with E-state index in [1.807, 2.05) is 35.9 Å². The van der Waals surface area contributed by atoms with E-state index in [0.29, 0.717) is 37.1 Å². The van der Waals surface area contributed by atoms with Gasteiger partial charge in [0.2, 0.25) is 5.91 Å². The zero-order valence-electron chi connectivity index (χ0n) is 18.4. The van der Waals surface area contributed by atoms with Gasteiger partial charge < -0.3 is 10.1 Å². The number of ether oxygens (including phenoxy) is 1. The summed E-state index contributed by atoms with van der Waals surface area (Å²) in [6, 6.07) is 7.99. The highest BCUT2D eigenvalue weighted by Gasteiger charge is 2.24. The average molecular weight is 433 g/mol. The predicted octanol–water partition coefficient (Wildman–Crippen LogP) is 3.54. The third kappa shape index (κ3) is 5.84. The lowest BCUT2D eigenvalue weighted by Gasteiger charge is -2.35. The number of hydrogen-bond acceptors (Lipinski definition) is 4. The third-order valence-corrected chi connectivity index (χ3v) is 5.89. The van der Waals surface area contributed by atoms with Crippen LogP contribution in [0.15, 0.2) is 24.3 Å². The van der Waals surface area contributed by atoms with Crippen LogP contribution in [-0.4, -0.2) is 53.4 Å². The van der Waals surface area contributed by atoms with Crippen LogP contribution in [0, 0.1) is 19.8 Å². The molecule has 1 aromatic carbocycles. The van der Waals surface area contributed by atoms with Crippen LogP contribution in [0.25, 0.3) is 0 Å². The van der Waals surface area contributed by atoms with E-state index in [1.165, 1.54) is 0 Å². The highest BCUT2D eigenvalue weighted by molar-refractivity contribution is 6.30. The summed E-state index contributed by atoms with van der Waals surface area (Å²) in [5.74, 6) is 0.538. The number of carbonyl (C=O) groups is 1. The Labute approximate surface area is 184 Å². The number of amides is 1. The fourth-order valence-corrected chi connectivity index (χ4v) is 4.10.